The summed E-state index contributed by atoms with van der Waals surface area (Å²) in [6, 6.07) is 102. The van der Waals surface area contributed by atoms with Crippen LogP contribution in [-0.4, -0.2) is 33.6 Å². The van der Waals surface area contributed by atoms with Crippen LogP contribution in [0.5, 0.6) is 0 Å². The molecule has 0 amide bonds. The lowest BCUT2D eigenvalue weighted by molar-refractivity contribution is 0.667. The maximum absolute atomic E-state index is 6.38. The van der Waals surface area contributed by atoms with Crippen molar-refractivity contribution in [3.63, 3.8) is 0 Å². The summed E-state index contributed by atoms with van der Waals surface area (Å²) in [5, 5.41) is 10.8. The molecule has 0 spiro atoms. The van der Waals surface area contributed by atoms with Crippen LogP contribution in [0.1, 0.15) is 0 Å². The van der Waals surface area contributed by atoms with E-state index in [9.17, 15) is 0 Å². The summed E-state index contributed by atoms with van der Waals surface area (Å²) in [6.07, 6.45) is 7.31. The van der Waals surface area contributed by atoms with Crippen molar-refractivity contribution in [2.24, 2.45) is 0 Å². The molecular formula is C92H51N7O4. The van der Waals surface area contributed by atoms with E-state index < -0.39 is 0 Å². The van der Waals surface area contributed by atoms with Gasteiger partial charge in [-0.25, -0.2) is 0 Å². The molecule has 0 bridgehead atoms. The second-order valence-corrected chi connectivity index (χ2v) is 26.9. The highest BCUT2D eigenvalue weighted by Crippen LogP contribution is 2.45. The zero-order chi connectivity index (χ0) is 67.1. The van der Waals surface area contributed by atoms with Crippen LogP contribution >= 0.6 is 0 Å². The highest BCUT2D eigenvalue weighted by Gasteiger charge is 2.23. The van der Waals surface area contributed by atoms with E-state index in [1.54, 1.807) is 0 Å². The summed E-state index contributed by atoms with van der Waals surface area (Å²) >= 11 is 0. The highest BCUT2D eigenvalue weighted by molar-refractivity contribution is 6.16. The molecule has 11 nitrogen and oxygen atoms in total. The van der Waals surface area contributed by atoms with Crippen molar-refractivity contribution in [3.8, 4) is 72.7 Å². The third-order valence-electron chi connectivity index (χ3n) is 21.2. The van der Waals surface area contributed by atoms with Crippen molar-refractivity contribution < 1.29 is 17.7 Å². The summed E-state index contributed by atoms with van der Waals surface area (Å²) < 4.78 is 32.4. The number of pyridine rings is 4. The van der Waals surface area contributed by atoms with E-state index in [0.717, 1.165) is 216 Å². The first-order valence-corrected chi connectivity index (χ1v) is 34.5. The smallest absolute Gasteiger partial charge is 0.153 e. The quantitative estimate of drug-likeness (QED) is 0.148. The summed E-state index contributed by atoms with van der Waals surface area (Å²) in [5.41, 5.74) is 30.3. The Morgan fingerprint density at radius 1 is 0.175 bits per heavy atom. The SMILES string of the molecule is c1cc(-c2ccc3oc4cccnc4c3c2)cc(-n2c3ccccc3c3cc(-c4ccc5c(c4)c4ccccc4n5-c4cc(-c5ccc6oc7cccnc7c6c5)cc(-c5ccc6c(c5)c5cc(-c7ccc8oc9cccnc9c8c7)ccc5n6-c5ccc6oc7cccnc7c6c5)c4)ccc32)c1. The number of hydrogen-bond acceptors (Lipinski definition) is 8. The summed E-state index contributed by atoms with van der Waals surface area (Å²) in [5.74, 6) is 0. The normalized spacial score (nSPS) is 12.3. The van der Waals surface area contributed by atoms with Gasteiger partial charge in [0.15, 0.2) is 22.3 Å². The average molecular weight is 1320 g/mol. The van der Waals surface area contributed by atoms with Gasteiger partial charge in [-0.05, 0) is 250 Å². The van der Waals surface area contributed by atoms with Crippen LogP contribution in [-0.2, 0) is 0 Å². The summed E-state index contributed by atoms with van der Waals surface area (Å²) in [7, 11) is 0. The molecule has 23 rings (SSSR count). The molecule has 11 heterocycles. The van der Waals surface area contributed by atoms with Crippen LogP contribution in [0.25, 0.3) is 226 Å². The first-order chi connectivity index (χ1) is 51.0. The Morgan fingerprint density at radius 3 is 0.893 bits per heavy atom. The molecule has 23 aromatic rings. The topological polar surface area (TPSA) is 119 Å². The second kappa shape index (κ2) is 21.2. The van der Waals surface area contributed by atoms with Crippen LogP contribution < -0.4 is 0 Å². The fraction of sp³-hybridized carbons (Fsp3) is 0. The molecule has 0 aliphatic rings. The van der Waals surface area contributed by atoms with Crippen molar-refractivity contribution in [3.05, 3.63) is 310 Å². The molecule has 0 unspecified atom stereocenters. The Balaban J connectivity index is 0.689. The number of nitrogens with zero attached hydrogens (tertiary/aromatic N) is 7. The number of furan rings is 4. The van der Waals surface area contributed by atoms with Crippen LogP contribution in [0.15, 0.2) is 328 Å². The lowest BCUT2D eigenvalue weighted by Gasteiger charge is -2.15. The molecule has 11 aromatic heterocycles. The van der Waals surface area contributed by atoms with Crippen molar-refractivity contribution in [1.82, 2.24) is 33.6 Å². The van der Waals surface area contributed by atoms with Crippen molar-refractivity contribution >= 4 is 154 Å². The predicted molar refractivity (Wildman–Crippen MR) is 417 cm³/mol. The molecule has 0 N–H and O–H groups in total. The Morgan fingerprint density at radius 2 is 0.476 bits per heavy atom. The van der Waals surface area contributed by atoms with Gasteiger partial charge in [0.25, 0.3) is 0 Å². The van der Waals surface area contributed by atoms with E-state index in [-0.39, 0.29) is 0 Å². The fourth-order valence-corrected chi connectivity index (χ4v) is 16.5. The molecular weight excluding hydrogens is 1270 g/mol. The molecule has 12 aromatic carbocycles. The average Bonchev–Trinajstić information content (AvgIpc) is 1.58. The third kappa shape index (κ3) is 8.38. The van der Waals surface area contributed by atoms with E-state index in [1.165, 1.54) is 10.8 Å². The van der Waals surface area contributed by atoms with Gasteiger partial charge in [0.05, 0.1) is 33.1 Å². The second-order valence-electron chi connectivity index (χ2n) is 26.9. The minimum absolute atomic E-state index is 0.757. The summed E-state index contributed by atoms with van der Waals surface area (Å²) in [6.45, 7) is 0. The van der Waals surface area contributed by atoms with Gasteiger partial charge in [-0.3, -0.25) is 19.9 Å². The molecule has 103 heavy (non-hydrogen) atoms. The van der Waals surface area contributed by atoms with E-state index in [0.29, 0.717) is 0 Å². The van der Waals surface area contributed by atoms with Crippen molar-refractivity contribution in [1.29, 1.82) is 0 Å². The van der Waals surface area contributed by atoms with Gasteiger partial charge in [-0.1, -0.05) is 91.0 Å². The molecule has 0 saturated heterocycles. The van der Waals surface area contributed by atoms with E-state index >= 15 is 0 Å². The Kier molecular flexibility index (Phi) is 11.5. The molecule has 0 atom stereocenters. The monoisotopic (exact) mass is 1320 g/mol. The minimum Gasteiger partial charge on any atom is -0.454 e. The first-order valence-electron chi connectivity index (χ1n) is 34.5. The molecule has 0 saturated carbocycles. The van der Waals surface area contributed by atoms with Gasteiger partial charge in [0.1, 0.15) is 44.4 Å². The van der Waals surface area contributed by atoms with Crippen molar-refractivity contribution in [2.75, 3.05) is 0 Å². The molecule has 0 aliphatic heterocycles. The molecule has 0 aliphatic carbocycles. The summed E-state index contributed by atoms with van der Waals surface area (Å²) in [4.78, 5) is 19.0. The number of fused-ring (bicyclic) bond motifs is 21. The van der Waals surface area contributed by atoms with E-state index in [4.69, 9.17) is 32.6 Å². The van der Waals surface area contributed by atoms with Gasteiger partial charge in [0.2, 0.25) is 0 Å². The number of hydrogen-bond donors (Lipinski definition) is 0. The maximum Gasteiger partial charge on any atom is 0.153 e. The Labute approximate surface area is 584 Å². The molecule has 478 valence electrons. The Hall–Kier alpha value is -14.2. The van der Waals surface area contributed by atoms with E-state index in [1.807, 2.05) is 73.3 Å². The standard InChI is InChI=1S/C92H51N7O4/c1-3-14-75-65(12-1)67-44-53(20-28-77(67)97(75)62-11-5-10-52(41-62)56-24-32-81-71(48-56)89-85(100-81)16-6-36-93-89)54-21-29-78-68(45-54)66-13-2-4-15-76(66)99(78)64-42-60(40-61(43-64)59-26-34-83-73(50-59)91-87(102-83)18-8-38-95-91)58-23-31-80-70(47-58)69-46-55(57-25-33-82-72(49-57)90-86(101-82)17-7-37-94-90)22-30-79(69)98(80)63-27-35-84-74(51-63)92-88(103-84)19-9-39-96-92/h1-51H. The fourth-order valence-electron chi connectivity index (χ4n) is 16.5. The number of rotatable bonds is 8. The van der Waals surface area contributed by atoms with Crippen LogP contribution in [0.3, 0.4) is 0 Å². The van der Waals surface area contributed by atoms with Crippen LogP contribution in [0.2, 0.25) is 0 Å². The van der Waals surface area contributed by atoms with Gasteiger partial charge >= 0.3 is 0 Å². The lowest BCUT2D eigenvalue weighted by atomic mass is 9.95. The number of benzene rings is 12. The van der Waals surface area contributed by atoms with Gasteiger partial charge in [0, 0.05) is 95.7 Å². The van der Waals surface area contributed by atoms with E-state index in [2.05, 4.69) is 255 Å². The van der Waals surface area contributed by atoms with Crippen molar-refractivity contribution in [2.45, 2.75) is 0 Å². The number of para-hydroxylation sites is 2. The van der Waals surface area contributed by atoms with Gasteiger partial charge < -0.3 is 31.4 Å². The maximum atomic E-state index is 6.38. The zero-order valence-corrected chi connectivity index (χ0v) is 54.7. The third-order valence-corrected chi connectivity index (χ3v) is 21.2. The predicted octanol–water partition coefficient (Wildman–Crippen LogP) is 24.5. The lowest BCUT2D eigenvalue weighted by Crippen LogP contribution is -1.96. The minimum atomic E-state index is 0.757. The van der Waals surface area contributed by atoms with Gasteiger partial charge in [-0.2, -0.15) is 0 Å². The van der Waals surface area contributed by atoms with Crippen LogP contribution in [0.4, 0.5) is 0 Å². The van der Waals surface area contributed by atoms with Gasteiger partial charge in [-0.15, -0.1) is 0 Å². The number of aromatic nitrogens is 7. The van der Waals surface area contributed by atoms with Crippen LogP contribution in [0, 0.1) is 0 Å². The highest BCUT2D eigenvalue weighted by atomic mass is 16.3. The first kappa shape index (κ1) is 55.8. The molecule has 0 radical (unpaired) electrons. The largest absolute Gasteiger partial charge is 0.454 e. The molecule has 11 heteroatoms. The molecule has 0 fully saturated rings. The zero-order valence-electron chi connectivity index (χ0n) is 54.7. The Bertz CT molecular complexity index is 7600.